The fourth-order valence-electron chi connectivity index (χ4n) is 3.22. The molecule has 3 rings (SSSR count). The molecule has 3 unspecified atom stereocenters. The Labute approximate surface area is 119 Å². The molecule has 2 bridgehead atoms. The standard InChI is InChI=1S/C15H21N3O2/c1-11(20-14-3-2-7-16-10-14)15(19)18-12-4-5-13(18)9-17-8-6-12/h2-3,7,10-13,17H,4-6,8-9H2,1H3. The molecule has 1 aromatic rings. The van der Waals surface area contributed by atoms with Gasteiger partial charge in [0.05, 0.1) is 6.20 Å². The summed E-state index contributed by atoms with van der Waals surface area (Å²) in [6, 6.07) is 4.35. The Kier molecular flexibility index (Phi) is 3.87. The van der Waals surface area contributed by atoms with Crippen molar-refractivity contribution in [2.24, 2.45) is 0 Å². The van der Waals surface area contributed by atoms with E-state index in [1.807, 2.05) is 19.1 Å². The van der Waals surface area contributed by atoms with Gasteiger partial charge in [0.1, 0.15) is 5.75 Å². The van der Waals surface area contributed by atoms with Crippen molar-refractivity contribution in [2.45, 2.75) is 44.4 Å². The van der Waals surface area contributed by atoms with Gasteiger partial charge in [-0.1, -0.05) is 0 Å². The number of amides is 1. The third-order valence-electron chi connectivity index (χ3n) is 4.20. The summed E-state index contributed by atoms with van der Waals surface area (Å²) >= 11 is 0. The predicted octanol–water partition coefficient (Wildman–Crippen LogP) is 1.20. The molecule has 3 atom stereocenters. The van der Waals surface area contributed by atoms with Crippen molar-refractivity contribution in [1.82, 2.24) is 15.2 Å². The molecule has 5 heteroatoms. The van der Waals surface area contributed by atoms with Crippen LogP contribution in [-0.2, 0) is 4.79 Å². The summed E-state index contributed by atoms with van der Waals surface area (Å²) in [4.78, 5) is 18.7. The summed E-state index contributed by atoms with van der Waals surface area (Å²) in [6.45, 7) is 3.73. The van der Waals surface area contributed by atoms with E-state index in [9.17, 15) is 4.79 Å². The van der Waals surface area contributed by atoms with Crippen LogP contribution in [0.5, 0.6) is 5.75 Å². The summed E-state index contributed by atoms with van der Waals surface area (Å²) in [6.07, 6.45) is 6.14. The maximum atomic E-state index is 12.7. The quantitative estimate of drug-likeness (QED) is 0.900. The zero-order valence-electron chi connectivity index (χ0n) is 11.8. The van der Waals surface area contributed by atoms with Crippen molar-refractivity contribution in [3.05, 3.63) is 24.5 Å². The van der Waals surface area contributed by atoms with Crippen molar-refractivity contribution < 1.29 is 9.53 Å². The summed E-state index contributed by atoms with van der Waals surface area (Å²) in [5.41, 5.74) is 0. The third kappa shape index (κ3) is 2.63. The van der Waals surface area contributed by atoms with Gasteiger partial charge in [0.25, 0.3) is 5.91 Å². The van der Waals surface area contributed by atoms with Gasteiger partial charge < -0.3 is 15.0 Å². The first-order chi connectivity index (χ1) is 9.75. The van der Waals surface area contributed by atoms with Crippen LogP contribution in [0.4, 0.5) is 0 Å². The van der Waals surface area contributed by atoms with E-state index in [4.69, 9.17) is 4.74 Å². The number of rotatable bonds is 3. The van der Waals surface area contributed by atoms with Gasteiger partial charge in [-0.15, -0.1) is 0 Å². The van der Waals surface area contributed by atoms with Crippen LogP contribution in [0.1, 0.15) is 26.2 Å². The Morgan fingerprint density at radius 2 is 2.30 bits per heavy atom. The second kappa shape index (κ2) is 5.79. The van der Waals surface area contributed by atoms with Crippen LogP contribution >= 0.6 is 0 Å². The third-order valence-corrected chi connectivity index (χ3v) is 4.20. The van der Waals surface area contributed by atoms with Gasteiger partial charge in [-0.05, 0) is 44.9 Å². The zero-order chi connectivity index (χ0) is 13.9. The van der Waals surface area contributed by atoms with E-state index in [1.54, 1.807) is 12.4 Å². The molecule has 0 radical (unpaired) electrons. The molecule has 108 valence electrons. The number of carbonyl (C=O) groups is 1. The number of nitrogens with one attached hydrogen (secondary N) is 1. The summed E-state index contributed by atoms with van der Waals surface area (Å²) in [5.74, 6) is 0.749. The summed E-state index contributed by atoms with van der Waals surface area (Å²) in [7, 11) is 0. The molecule has 1 N–H and O–H groups in total. The van der Waals surface area contributed by atoms with Crippen molar-refractivity contribution in [1.29, 1.82) is 0 Å². The van der Waals surface area contributed by atoms with E-state index >= 15 is 0 Å². The van der Waals surface area contributed by atoms with Gasteiger partial charge in [-0.25, -0.2) is 0 Å². The molecule has 2 aliphatic heterocycles. The van der Waals surface area contributed by atoms with Crippen molar-refractivity contribution in [2.75, 3.05) is 13.1 Å². The van der Waals surface area contributed by atoms with E-state index in [0.29, 0.717) is 17.8 Å². The largest absolute Gasteiger partial charge is 0.479 e. The Bertz CT molecular complexity index is 451. The molecule has 1 amide bonds. The molecule has 1 aromatic heterocycles. The fourth-order valence-corrected chi connectivity index (χ4v) is 3.22. The van der Waals surface area contributed by atoms with Gasteiger partial charge in [0, 0.05) is 24.8 Å². The van der Waals surface area contributed by atoms with Crippen molar-refractivity contribution >= 4 is 5.91 Å². The van der Waals surface area contributed by atoms with Gasteiger partial charge in [-0.3, -0.25) is 9.78 Å². The number of fused-ring (bicyclic) bond motifs is 2. The lowest BCUT2D eigenvalue weighted by atomic mass is 10.1. The first kappa shape index (κ1) is 13.4. The molecule has 0 aromatic carbocycles. The van der Waals surface area contributed by atoms with Crippen LogP contribution in [0.3, 0.4) is 0 Å². The van der Waals surface area contributed by atoms with Gasteiger partial charge in [0.2, 0.25) is 0 Å². The first-order valence-electron chi connectivity index (χ1n) is 7.35. The molecule has 2 saturated heterocycles. The normalized spacial score (nSPS) is 26.9. The van der Waals surface area contributed by atoms with Crippen LogP contribution in [0.25, 0.3) is 0 Å². The maximum Gasteiger partial charge on any atom is 0.263 e. The lowest BCUT2D eigenvalue weighted by Crippen LogP contribution is -2.48. The topological polar surface area (TPSA) is 54.5 Å². The van der Waals surface area contributed by atoms with Gasteiger partial charge in [0.15, 0.2) is 6.10 Å². The second-order valence-electron chi connectivity index (χ2n) is 5.57. The Hall–Kier alpha value is -1.62. The average Bonchev–Trinajstić information content (AvgIpc) is 2.72. The van der Waals surface area contributed by atoms with Crippen LogP contribution < -0.4 is 10.1 Å². The molecular formula is C15H21N3O2. The van der Waals surface area contributed by atoms with E-state index < -0.39 is 6.10 Å². The molecule has 2 fully saturated rings. The summed E-state index contributed by atoms with van der Waals surface area (Å²) < 4.78 is 5.72. The lowest BCUT2D eigenvalue weighted by molar-refractivity contribution is -0.140. The molecule has 3 heterocycles. The van der Waals surface area contributed by atoms with Crippen LogP contribution in [0, 0.1) is 0 Å². The highest BCUT2D eigenvalue weighted by Crippen LogP contribution is 2.29. The number of aromatic nitrogens is 1. The number of nitrogens with zero attached hydrogens (tertiary/aromatic N) is 2. The van der Waals surface area contributed by atoms with Crippen molar-refractivity contribution in [3.8, 4) is 5.75 Å². The maximum absolute atomic E-state index is 12.7. The minimum atomic E-state index is -0.458. The van der Waals surface area contributed by atoms with E-state index in [2.05, 4.69) is 15.2 Å². The van der Waals surface area contributed by atoms with Crippen LogP contribution in [0.2, 0.25) is 0 Å². The van der Waals surface area contributed by atoms with Crippen LogP contribution in [0.15, 0.2) is 24.5 Å². The first-order valence-corrected chi connectivity index (χ1v) is 7.35. The highest BCUT2D eigenvalue weighted by atomic mass is 16.5. The Morgan fingerprint density at radius 1 is 1.45 bits per heavy atom. The van der Waals surface area contributed by atoms with Gasteiger partial charge in [-0.2, -0.15) is 0 Å². The molecule has 0 spiro atoms. The smallest absolute Gasteiger partial charge is 0.263 e. The molecular weight excluding hydrogens is 254 g/mol. The number of hydrogen-bond donors (Lipinski definition) is 1. The second-order valence-corrected chi connectivity index (χ2v) is 5.57. The Balaban J connectivity index is 1.68. The van der Waals surface area contributed by atoms with Crippen LogP contribution in [-0.4, -0.2) is 47.1 Å². The molecule has 0 saturated carbocycles. The summed E-state index contributed by atoms with van der Waals surface area (Å²) in [5, 5.41) is 3.41. The zero-order valence-corrected chi connectivity index (χ0v) is 11.8. The SMILES string of the molecule is CC(Oc1cccnc1)C(=O)N1C2CCNCC1CC2. The number of pyridine rings is 1. The predicted molar refractivity (Wildman–Crippen MR) is 75.5 cm³/mol. The van der Waals surface area contributed by atoms with E-state index in [-0.39, 0.29) is 5.91 Å². The molecule has 20 heavy (non-hydrogen) atoms. The average molecular weight is 275 g/mol. The fraction of sp³-hybridized carbons (Fsp3) is 0.600. The molecule has 2 aliphatic rings. The van der Waals surface area contributed by atoms with E-state index in [0.717, 1.165) is 32.4 Å². The highest BCUT2D eigenvalue weighted by molar-refractivity contribution is 5.82. The molecule has 0 aliphatic carbocycles. The number of hydrogen-bond acceptors (Lipinski definition) is 4. The van der Waals surface area contributed by atoms with Gasteiger partial charge >= 0.3 is 0 Å². The Morgan fingerprint density at radius 3 is 3.10 bits per heavy atom. The lowest BCUT2D eigenvalue weighted by Gasteiger charge is -2.30. The monoisotopic (exact) mass is 275 g/mol. The highest BCUT2D eigenvalue weighted by Gasteiger charge is 2.40. The minimum absolute atomic E-state index is 0.102. The minimum Gasteiger partial charge on any atom is -0.479 e. The number of carbonyl (C=O) groups excluding carboxylic acids is 1. The van der Waals surface area contributed by atoms with E-state index in [1.165, 1.54) is 0 Å². The molecule has 5 nitrogen and oxygen atoms in total. The number of ether oxygens (including phenoxy) is 1. The van der Waals surface area contributed by atoms with Crippen molar-refractivity contribution in [3.63, 3.8) is 0 Å².